The Labute approximate surface area is 164 Å². The number of aromatic nitrogens is 2. The summed E-state index contributed by atoms with van der Waals surface area (Å²) in [5.74, 6) is -0.563. The molecule has 0 bridgehead atoms. The van der Waals surface area contributed by atoms with Gasteiger partial charge in [0.1, 0.15) is 0 Å². The van der Waals surface area contributed by atoms with Crippen LogP contribution in [0.25, 0.3) is 0 Å². The molecule has 0 aliphatic carbocycles. The van der Waals surface area contributed by atoms with Gasteiger partial charge in [0, 0.05) is 50.5 Å². The first kappa shape index (κ1) is 19.8. The monoisotopic (exact) mass is 383 g/mol. The minimum absolute atomic E-state index is 0.0420. The van der Waals surface area contributed by atoms with Gasteiger partial charge in [-0.25, -0.2) is 4.79 Å². The standard InChI is InChI=1S/C21H25N3O4/c1-4-28-21(27)20-16-13-24(12-11-17(16)22-23(20)3)19(26)10-9-18(25)15-7-5-14(2)6-8-15/h5-8H,4,9-13H2,1-3H3. The number of amides is 1. The molecule has 1 aliphatic rings. The van der Waals surface area contributed by atoms with Crippen LogP contribution in [-0.2, 0) is 29.5 Å². The van der Waals surface area contributed by atoms with E-state index in [0.717, 1.165) is 16.8 Å². The maximum atomic E-state index is 12.6. The fourth-order valence-electron chi connectivity index (χ4n) is 3.43. The molecule has 1 aromatic heterocycles. The first-order valence-corrected chi connectivity index (χ1v) is 9.50. The lowest BCUT2D eigenvalue weighted by Crippen LogP contribution is -2.36. The highest BCUT2D eigenvalue weighted by atomic mass is 16.5. The summed E-state index contributed by atoms with van der Waals surface area (Å²) >= 11 is 0. The Kier molecular flexibility index (Phi) is 5.92. The molecule has 3 rings (SSSR count). The predicted octanol–water partition coefficient (Wildman–Crippen LogP) is 2.45. The molecule has 0 N–H and O–H groups in total. The third-order valence-electron chi connectivity index (χ3n) is 4.96. The number of carbonyl (C=O) groups excluding carboxylic acids is 3. The number of esters is 1. The maximum Gasteiger partial charge on any atom is 0.356 e. The van der Waals surface area contributed by atoms with Crippen LogP contribution in [0.2, 0.25) is 0 Å². The average molecular weight is 383 g/mol. The number of benzene rings is 1. The Hall–Kier alpha value is -2.96. The van der Waals surface area contributed by atoms with E-state index in [1.165, 1.54) is 4.68 Å². The summed E-state index contributed by atoms with van der Waals surface area (Å²) in [7, 11) is 1.71. The van der Waals surface area contributed by atoms with Gasteiger partial charge in [-0.3, -0.25) is 14.3 Å². The molecule has 0 spiro atoms. The number of ether oxygens (including phenoxy) is 1. The van der Waals surface area contributed by atoms with Crippen molar-refractivity contribution in [3.8, 4) is 0 Å². The van der Waals surface area contributed by atoms with E-state index in [-0.39, 0.29) is 31.1 Å². The van der Waals surface area contributed by atoms with E-state index in [2.05, 4.69) is 5.10 Å². The van der Waals surface area contributed by atoms with E-state index in [0.29, 0.717) is 30.8 Å². The number of rotatable bonds is 6. The first-order valence-electron chi connectivity index (χ1n) is 9.50. The normalized spacial score (nSPS) is 13.2. The number of hydrogen-bond acceptors (Lipinski definition) is 5. The van der Waals surface area contributed by atoms with Crippen molar-refractivity contribution in [3.05, 3.63) is 52.3 Å². The van der Waals surface area contributed by atoms with Gasteiger partial charge in [0.2, 0.25) is 5.91 Å². The van der Waals surface area contributed by atoms with Crippen molar-refractivity contribution < 1.29 is 19.1 Å². The summed E-state index contributed by atoms with van der Waals surface area (Å²) in [4.78, 5) is 38.9. The Balaban J connectivity index is 1.64. The highest BCUT2D eigenvalue weighted by Gasteiger charge is 2.30. The van der Waals surface area contributed by atoms with Crippen LogP contribution in [0.5, 0.6) is 0 Å². The molecule has 7 heteroatoms. The molecule has 0 atom stereocenters. The molecule has 0 saturated heterocycles. The second kappa shape index (κ2) is 8.37. The lowest BCUT2D eigenvalue weighted by Gasteiger charge is -2.26. The summed E-state index contributed by atoms with van der Waals surface area (Å²) in [6.45, 7) is 4.84. The zero-order chi connectivity index (χ0) is 20.3. The second-order valence-corrected chi connectivity index (χ2v) is 6.97. The quantitative estimate of drug-likeness (QED) is 0.565. The third kappa shape index (κ3) is 4.13. The summed E-state index contributed by atoms with van der Waals surface area (Å²) in [5, 5.41) is 4.39. The third-order valence-corrected chi connectivity index (χ3v) is 4.96. The summed E-state index contributed by atoms with van der Waals surface area (Å²) in [5.41, 5.74) is 3.67. The molecule has 0 fully saturated rings. The fourth-order valence-corrected chi connectivity index (χ4v) is 3.43. The zero-order valence-corrected chi connectivity index (χ0v) is 16.5. The van der Waals surface area contributed by atoms with Crippen molar-refractivity contribution in [2.24, 2.45) is 7.05 Å². The number of aryl methyl sites for hydroxylation is 2. The van der Waals surface area contributed by atoms with Crippen LogP contribution in [-0.4, -0.2) is 45.5 Å². The van der Waals surface area contributed by atoms with Gasteiger partial charge in [-0.2, -0.15) is 5.10 Å². The molecule has 2 heterocycles. The van der Waals surface area contributed by atoms with E-state index in [1.54, 1.807) is 31.0 Å². The number of nitrogens with zero attached hydrogens (tertiary/aromatic N) is 3. The Bertz CT molecular complexity index is 899. The van der Waals surface area contributed by atoms with Crippen molar-refractivity contribution in [2.45, 2.75) is 39.7 Å². The van der Waals surface area contributed by atoms with Crippen LogP contribution in [0, 0.1) is 6.92 Å². The minimum atomic E-state index is -0.428. The highest BCUT2D eigenvalue weighted by molar-refractivity contribution is 5.98. The first-order chi connectivity index (χ1) is 13.4. The van der Waals surface area contributed by atoms with Gasteiger partial charge >= 0.3 is 5.97 Å². The molecule has 148 valence electrons. The molecule has 1 aromatic carbocycles. The summed E-state index contributed by atoms with van der Waals surface area (Å²) in [6, 6.07) is 7.36. The number of ketones is 1. The van der Waals surface area contributed by atoms with Crippen LogP contribution in [0.3, 0.4) is 0 Å². The van der Waals surface area contributed by atoms with Crippen molar-refractivity contribution in [1.29, 1.82) is 0 Å². The van der Waals surface area contributed by atoms with Crippen molar-refractivity contribution in [1.82, 2.24) is 14.7 Å². The Morgan fingerprint density at radius 2 is 1.86 bits per heavy atom. The summed E-state index contributed by atoms with van der Waals surface area (Å²) < 4.78 is 6.64. The van der Waals surface area contributed by atoms with Crippen LogP contribution < -0.4 is 0 Å². The van der Waals surface area contributed by atoms with E-state index in [9.17, 15) is 14.4 Å². The van der Waals surface area contributed by atoms with Crippen molar-refractivity contribution in [2.75, 3.05) is 13.2 Å². The van der Waals surface area contributed by atoms with E-state index < -0.39 is 5.97 Å². The molecule has 1 amide bonds. The van der Waals surface area contributed by atoms with Gasteiger partial charge in [0.05, 0.1) is 12.3 Å². The molecule has 0 saturated carbocycles. The largest absolute Gasteiger partial charge is 0.461 e. The minimum Gasteiger partial charge on any atom is -0.461 e. The molecule has 2 aromatic rings. The zero-order valence-electron chi connectivity index (χ0n) is 16.5. The Morgan fingerprint density at radius 1 is 1.14 bits per heavy atom. The van der Waals surface area contributed by atoms with Gasteiger partial charge in [-0.15, -0.1) is 0 Å². The average Bonchev–Trinajstić information content (AvgIpc) is 3.01. The maximum absolute atomic E-state index is 12.6. The molecular weight excluding hydrogens is 358 g/mol. The van der Waals surface area contributed by atoms with Gasteiger partial charge in [-0.05, 0) is 13.8 Å². The van der Waals surface area contributed by atoms with Gasteiger partial charge < -0.3 is 9.64 Å². The van der Waals surface area contributed by atoms with Crippen LogP contribution in [0.15, 0.2) is 24.3 Å². The Morgan fingerprint density at radius 3 is 2.54 bits per heavy atom. The smallest absolute Gasteiger partial charge is 0.356 e. The van der Waals surface area contributed by atoms with Gasteiger partial charge in [-0.1, -0.05) is 29.8 Å². The number of carbonyl (C=O) groups is 3. The van der Waals surface area contributed by atoms with Gasteiger partial charge in [0.15, 0.2) is 11.5 Å². The van der Waals surface area contributed by atoms with Crippen molar-refractivity contribution >= 4 is 17.7 Å². The molecule has 0 unspecified atom stereocenters. The molecule has 0 radical (unpaired) electrons. The predicted molar refractivity (Wildman–Crippen MR) is 103 cm³/mol. The topological polar surface area (TPSA) is 81.5 Å². The van der Waals surface area contributed by atoms with E-state index in [1.807, 2.05) is 19.1 Å². The van der Waals surface area contributed by atoms with E-state index in [4.69, 9.17) is 4.74 Å². The number of fused-ring (bicyclic) bond motifs is 1. The highest BCUT2D eigenvalue weighted by Crippen LogP contribution is 2.23. The molecular formula is C21H25N3O4. The SMILES string of the molecule is CCOC(=O)c1c2c(nn1C)CCN(C(=O)CCC(=O)c1ccc(C)cc1)C2. The lowest BCUT2D eigenvalue weighted by molar-refractivity contribution is -0.132. The lowest BCUT2D eigenvalue weighted by atomic mass is 10.0. The van der Waals surface area contributed by atoms with Crippen LogP contribution >= 0.6 is 0 Å². The summed E-state index contributed by atoms with van der Waals surface area (Å²) in [6.07, 6.45) is 0.903. The second-order valence-electron chi connectivity index (χ2n) is 6.97. The fraction of sp³-hybridized carbons (Fsp3) is 0.429. The van der Waals surface area contributed by atoms with Crippen LogP contribution in [0.1, 0.15) is 57.4 Å². The van der Waals surface area contributed by atoms with Gasteiger partial charge in [0.25, 0.3) is 0 Å². The number of Topliss-reactive ketones (excluding diaryl/α,β-unsaturated/α-hetero) is 1. The van der Waals surface area contributed by atoms with E-state index >= 15 is 0 Å². The van der Waals surface area contributed by atoms with Crippen LogP contribution in [0.4, 0.5) is 0 Å². The molecule has 28 heavy (non-hydrogen) atoms. The van der Waals surface area contributed by atoms with Crippen molar-refractivity contribution in [3.63, 3.8) is 0 Å². The number of hydrogen-bond donors (Lipinski definition) is 0. The molecule has 1 aliphatic heterocycles. The molecule has 7 nitrogen and oxygen atoms in total.